The van der Waals surface area contributed by atoms with Gasteiger partial charge in [-0.3, -0.25) is 9.78 Å². The van der Waals surface area contributed by atoms with Gasteiger partial charge >= 0.3 is 0 Å². The van der Waals surface area contributed by atoms with E-state index in [2.05, 4.69) is 10.3 Å². The Labute approximate surface area is 124 Å². The zero-order valence-electron chi connectivity index (χ0n) is 11.2. The standard InChI is InChI=1S/C16H17ClN2O/c17-15-6-3-13(4-7-15)9-11-19-16(20)8-5-14-2-1-10-18-12-14/h1-4,6-7,10,12H,5,8-9,11H2,(H,19,20). The maximum absolute atomic E-state index is 11.7. The smallest absolute Gasteiger partial charge is 0.220 e. The highest BCUT2D eigenvalue weighted by Gasteiger charge is 2.02. The average molecular weight is 289 g/mol. The summed E-state index contributed by atoms with van der Waals surface area (Å²) in [6.45, 7) is 0.646. The highest BCUT2D eigenvalue weighted by atomic mass is 35.5. The maximum atomic E-state index is 11.7. The Morgan fingerprint density at radius 3 is 2.60 bits per heavy atom. The van der Waals surface area contributed by atoms with Crippen LogP contribution >= 0.6 is 11.6 Å². The first kappa shape index (κ1) is 14.5. The molecule has 0 unspecified atom stereocenters. The summed E-state index contributed by atoms with van der Waals surface area (Å²) in [6.07, 6.45) is 5.55. The first-order chi connectivity index (χ1) is 9.74. The first-order valence-corrected chi connectivity index (χ1v) is 7.02. The fraction of sp³-hybridized carbons (Fsp3) is 0.250. The number of carbonyl (C=O) groups is 1. The van der Waals surface area contributed by atoms with Crippen molar-refractivity contribution in [3.63, 3.8) is 0 Å². The van der Waals surface area contributed by atoms with Crippen LogP contribution in [0.25, 0.3) is 0 Å². The van der Waals surface area contributed by atoms with Crippen molar-refractivity contribution in [1.29, 1.82) is 0 Å². The molecule has 20 heavy (non-hydrogen) atoms. The van der Waals surface area contributed by atoms with E-state index in [-0.39, 0.29) is 5.91 Å². The number of carbonyl (C=O) groups excluding carboxylic acids is 1. The molecule has 3 nitrogen and oxygen atoms in total. The van der Waals surface area contributed by atoms with Crippen molar-refractivity contribution in [2.75, 3.05) is 6.54 Å². The Kier molecular flexibility index (Phi) is 5.56. The molecule has 2 rings (SSSR count). The van der Waals surface area contributed by atoms with Gasteiger partial charge in [0.05, 0.1) is 0 Å². The topological polar surface area (TPSA) is 42.0 Å². The molecular weight excluding hydrogens is 272 g/mol. The summed E-state index contributed by atoms with van der Waals surface area (Å²) < 4.78 is 0. The van der Waals surface area contributed by atoms with Crippen molar-refractivity contribution in [3.05, 3.63) is 64.9 Å². The van der Waals surface area contributed by atoms with E-state index in [4.69, 9.17) is 11.6 Å². The largest absolute Gasteiger partial charge is 0.356 e. The monoisotopic (exact) mass is 288 g/mol. The fourth-order valence-corrected chi connectivity index (χ4v) is 2.02. The average Bonchev–Trinajstić information content (AvgIpc) is 2.48. The second-order valence-corrected chi connectivity index (χ2v) is 5.02. The lowest BCUT2D eigenvalue weighted by atomic mass is 10.1. The van der Waals surface area contributed by atoms with Gasteiger partial charge in [0.1, 0.15) is 0 Å². The van der Waals surface area contributed by atoms with E-state index in [1.807, 2.05) is 36.4 Å². The first-order valence-electron chi connectivity index (χ1n) is 6.64. The van der Waals surface area contributed by atoms with Crippen LogP contribution in [0.1, 0.15) is 17.5 Å². The number of aryl methyl sites for hydroxylation is 1. The lowest BCUT2D eigenvalue weighted by Crippen LogP contribution is -2.25. The lowest BCUT2D eigenvalue weighted by molar-refractivity contribution is -0.121. The van der Waals surface area contributed by atoms with Crippen LogP contribution < -0.4 is 5.32 Å². The van der Waals surface area contributed by atoms with Crippen LogP contribution in [0.3, 0.4) is 0 Å². The molecular formula is C16H17ClN2O. The van der Waals surface area contributed by atoms with E-state index in [1.54, 1.807) is 12.4 Å². The molecule has 0 aliphatic heterocycles. The Morgan fingerprint density at radius 1 is 1.10 bits per heavy atom. The molecule has 0 atom stereocenters. The molecule has 1 amide bonds. The second-order valence-electron chi connectivity index (χ2n) is 4.59. The minimum absolute atomic E-state index is 0.0721. The van der Waals surface area contributed by atoms with E-state index in [0.29, 0.717) is 13.0 Å². The molecule has 1 aromatic heterocycles. The van der Waals surface area contributed by atoms with Crippen LogP contribution in [0.15, 0.2) is 48.8 Å². The van der Waals surface area contributed by atoms with Crippen molar-refractivity contribution >= 4 is 17.5 Å². The van der Waals surface area contributed by atoms with Crippen LogP contribution in [-0.2, 0) is 17.6 Å². The molecule has 0 radical (unpaired) electrons. The number of pyridine rings is 1. The number of nitrogens with zero attached hydrogens (tertiary/aromatic N) is 1. The van der Waals surface area contributed by atoms with Crippen molar-refractivity contribution in [2.45, 2.75) is 19.3 Å². The summed E-state index contributed by atoms with van der Waals surface area (Å²) in [6, 6.07) is 11.5. The van der Waals surface area contributed by atoms with E-state index in [9.17, 15) is 4.79 Å². The van der Waals surface area contributed by atoms with Crippen molar-refractivity contribution in [2.24, 2.45) is 0 Å². The van der Waals surface area contributed by atoms with Crippen molar-refractivity contribution < 1.29 is 4.79 Å². The van der Waals surface area contributed by atoms with Gasteiger partial charge in [-0.2, -0.15) is 0 Å². The molecule has 0 saturated carbocycles. The van der Waals surface area contributed by atoms with Crippen LogP contribution in [0, 0.1) is 0 Å². The quantitative estimate of drug-likeness (QED) is 0.888. The van der Waals surface area contributed by atoms with Crippen LogP contribution in [-0.4, -0.2) is 17.4 Å². The number of benzene rings is 1. The molecule has 0 fully saturated rings. The highest BCUT2D eigenvalue weighted by molar-refractivity contribution is 6.30. The lowest BCUT2D eigenvalue weighted by Gasteiger charge is -2.05. The van der Waals surface area contributed by atoms with Crippen molar-refractivity contribution in [1.82, 2.24) is 10.3 Å². The van der Waals surface area contributed by atoms with Crippen LogP contribution in [0.4, 0.5) is 0 Å². The molecule has 0 bridgehead atoms. The molecule has 0 aliphatic rings. The van der Waals surface area contributed by atoms with E-state index in [0.717, 1.165) is 23.4 Å². The number of hydrogen-bond acceptors (Lipinski definition) is 2. The molecule has 1 N–H and O–H groups in total. The predicted octanol–water partition coefficient (Wildman–Crippen LogP) is 3.03. The summed E-state index contributed by atoms with van der Waals surface area (Å²) in [5.74, 6) is 0.0721. The summed E-state index contributed by atoms with van der Waals surface area (Å²) >= 11 is 5.82. The summed E-state index contributed by atoms with van der Waals surface area (Å²) in [7, 11) is 0. The predicted molar refractivity (Wildman–Crippen MR) is 80.7 cm³/mol. The number of amides is 1. The van der Waals surface area contributed by atoms with E-state index in [1.165, 1.54) is 5.56 Å². The SMILES string of the molecule is O=C(CCc1cccnc1)NCCc1ccc(Cl)cc1. The third kappa shape index (κ3) is 5.02. The Hall–Kier alpha value is -1.87. The van der Waals surface area contributed by atoms with E-state index < -0.39 is 0 Å². The fourth-order valence-electron chi connectivity index (χ4n) is 1.89. The Bertz CT molecular complexity index is 540. The minimum Gasteiger partial charge on any atom is -0.356 e. The maximum Gasteiger partial charge on any atom is 0.220 e. The van der Waals surface area contributed by atoms with E-state index >= 15 is 0 Å². The minimum atomic E-state index is 0.0721. The van der Waals surface area contributed by atoms with Gasteiger partial charge in [0.25, 0.3) is 0 Å². The highest BCUT2D eigenvalue weighted by Crippen LogP contribution is 2.09. The van der Waals surface area contributed by atoms with Gasteiger partial charge < -0.3 is 5.32 Å². The number of aromatic nitrogens is 1. The molecule has 1 aromatic carbocycles. The summed E-state index contributed by atoms with van der Waals surface area (Å²) in [4.78, 5) is 15.7. The molecule has 1 heterocycles. The van der Waals surface area contributed by atoms with Gasteiger partial charge in [0.15, 0.2) is 0 Å². The van der Waals surface area contributed by atoms with Gasteiger partial charge in [-0.1, -0.05) is 29.8 Å². The Morgan fingerprint density at radius 2 is 1.90 bits per heavy atom. The third-order valence-electron chi connectivity index (χ3n) is 3.01. The van der Waals surface area contributed by atoms with Crippen molar-refractivity contribution in [3.8, 4) is 0 Å². The zero-order chi connectivity index (χ0) is 14.2. The second kappa shape index (κ2) is 7.65. The van der Waals surface area contributed by atoms with Gasteiger partial charge in [-0.15, -0.1) is 0 Å². The third-order valence-corrected chi connectivity index (χ3v) is 3.26. The summed E-state index contributed by atoms with van der Waals surface area (Å²) in [5, 5.41) is 3.65. The molecule has 2 aromatic rings. The molecule has 0 aliphatic carbocycles. The number of hydrogen-bond donors (Lipinski definition) is 1. The Balaban J connectivity index is 1.66. The number of halogens is 1. The normalized spacial score (nSPS) is 10.2. The molecule has 4 heteroatoms. The van der Waals surface area contributed by atoms with Gasteiger partial charge in [-0.25, -0.2) is 0 Å². The van der Waals surface area contributed by atoms with Gasteiger partial charge in [-0.05, 0) is 42.2 Å². The van der Waals surface area contributed by atoms with Crippen LogP contribution in [0.5, 0.6) is 0 Å². The van der Waals surface area contributed by atoms with Gasteiger partial charge in [0, 0.05) is 30.4 Å². The molecule has 104 valence electrons. The molecule has 0 spiro atoms. The number of nitrogens with one attached hydrogen (secondary N) is 1. The number of rotatable bonds is 6. The van der Waals surface area contributed by atoms with Gasteiger partial charge in [0.2, 0.25) is 5.91 Å². The molecule has 0 saturated heterocycles. The summed E-state index contributed by atoms with van der Waals surface area (Å²) in [5.41, 5.74) is 2.25. The zero-order valence-corrected chi connectivity index (χ0v) is 11.9. The van der Waals surface area contributed by atoms with Crippen LogP contribution in [0.2, 0.25) is 5.02 Å².